The number of aromatic carboxylic acids is 1. The number of nitriles is 1. The van der Waals surface area contributed by atoms with Gasteiger partial charge in [-0.3, -0.25) is 4.79 Å². The molecule has 178 valence electrons. The van der Waals surface area contributed by atoms with E-state index in [0.717, 1.165) is 38.3 Å². The first kappa shape index (κ1) is 24.0. The van der Waals surface area contributed by atoms with Gasteiger partial charge in [0.1, 0.15) is 16.6 Å². The Morgan fingerprint density at radius 1 is 1.23 bits per heavy atom. The summed E-state index contributed by atoms with van der Waals surface area (Å²) in [6.45, 7) is 7.85. The Morgan fingerprint density at radius 3 is 2.69 bits per heavy atom. The largest absolute Gasteiger partial charge is 0.478 e. The van der Waals surface area contributed by atoms with Crippen molar-refractivity contribution >= 4 is 40.2 Å². The number of benzene rings is 1. The van der Waals surface area contributed by atoms with E-state index >= 15 is 0 Å². The van der Waals surface area contributed by atoms with Crippen molar-refractivity contribution in [2.75, 3.05) is 6.54 Å². The molecule has 0 saturated carbocycles. The minimum Gasteiger partial charge on any atom is -0.478 e. The van der Waals surface area contributed by atoms with Gasteiger partial charge >= 0.3 is 5.97 Å². The summed E-state index contributed by atoms with van der Waals surface area (Å²) in [5, 5.41) is 24.0. The first-order valence-electron chi connectivity index (χ1n) is 11.2. The third-order valence-electron chi connectivity index (χ3n) is 6.27. The molecule has 1 amide bonds. The van der Waals surface area contributed by atoms with Gasteiger partial charge in [0, 0.05) is 39.9 Å². The number of fused-ring (bicyclic) bond motifs is 1. The molecule has 8 heteroatoms. The predicted octanol–water partition coefficient (Wildman–Crippen LogP) is 5.22. The van der Waals surface area contributed by atoms with E-state index < -0.39 is 11.9 Å². The van der Waals surface area contributed by atoms with Crippen LogP contribution in [0.15, 0.2) is 42.1 Å². The van der Waals surface area contributed by atoms with Crippen LogP contribution >= 0.6 is 11.3 Å². The summed E-state index contributed by atoms with van der Waals surface area (Å²) >= 11 is 1.42. The van der Waals surface area contributed by atoms with Crippen LogP contribution in [0.4, 0.5) is 0 Å². The molecule has 0 atom stereocenters. The van der Waals surface area contributed by atoms with Crippen LogP contribution in [0.2, 0.25) is 0 Å². The van der Waals surface area contributed by atoms with Gasteiger partial charge in [-0.2, -0.15) is 5.26 Å². The summed E-state index contributed by atoms with van der Waals surface area (Å²) < 4.78 is 1.88. The lowest BCUT2D eigenvalue weighted by Gasteiger charge is -2.09. The molecule has 0 bridgehead atoms. The number of aromatic nitrogens is 2. The highest BCUT2D eigenvalue weighted by molar-refractivity contribution is 7.15. The number of amides is 1. The van der Waals surface area contributed by atoms with Crippen LogP contribution in [-0.4, -0.2) is 33.1 Å². The molecule has 7 nitrogen and oxygen atoms in total. The average Bonchev–Trinajstić information content (AvgIpc) is 3.45. The molecule has 3 aromatic heterocycles. The van der Waals surface area contributed by atoms with Crippen LogP contribution in [0.5, 0.6) is 0 Å². The maximum absolute atomic E-state index is 12.7. The fourth-order valence-corrected chi connectivity index (χ4v) is 5.57. The second kappa shape index (κ2) is 9.65. The van der Waals surface area contributed by atoms with Gasteiger partial charge in [0.25, 0.3) is 5.91 Å². The lowest BCUT2D eigenvalue weighted by atomic mass is 10.1. The van der Waals surface area contributed by atoms with Crippen molar-refractivity contribution in [1.29, 1.82) is 5.26 Å². The second-order valence-electron chi connectivity index (χ2n) is 8.47. The number of carbonyl (C=O) groups excluding carboxylic acids is 1. The highest BCUT2D eigenvalue weighted by atomic mass is 32.1. The SMILES string of the molecule is Cc1sc(-n2c(C)cc(/C=C(\C#N)C(=O)NCCc3c[nH]c4ccccc34)c2C)c(C(=O)O)c1C. The zero-order chi connectivity index (χ0) is 25.3. The molecule has 3 N–H and O–H groups in total. The van der Waals surface area contributed by atoms with Crippen LogP contribution in [0, 0.1) is 39.0 Å². The predicted molar refractivity (Wildman–Crippen MR) is 138 cm³/mol. The molecule has 0 radical (unpaired) electrons. The maximum atomic E-state index is 12.7. The Labute approximate surface area is 207 Å². The zero-order valence-corrected chi connectivity index (χ0v) is 20.8. The number of carboxylic acid groups (broad SMARTS) is 1. The Bertz CT molecular complexity index is 1530. The minimum absolute atomic E-state index is 0.00109. The Balaban J connectivity index is 1.56. The van der Waals surface area contributed by atoms with Crippen molar-refractivity contribution in [1.82, 2.24) is 14.9 Å². The van der Waals surface area contributed by atoms with E-state index in [9.17, 15) is 20.0 Å². The van der Waals surface area contributed by atoms with E-state index in [1.54, 1.807) is 6.08 Å². The van der Waals surface area contributed by atoms with Crippen molar-refractivity contribution in [3.05, 3.63) is 80.6 Å². The summed E-state index contributed by atoms with van der Waals surface area (Å²) in [4.78, 5) is 28.8. The molecular weight excluding hydrogens is 460 g/mol. The van der Waals surface area contributed by atoms with Crippen LogP contribution in [0.3, 0.4) is 0 Å². The molecule has 0 fully saturated rings. The quantitative estimate of drug-likeness (QED) is 0.246. The van der Waals surface area contributed by atoms with E-state index in [1.165, 1.54) is 11.3 Å². The van der Waals surface area contributed by atoms with E-state index in [2.05, 4.69) is 10.3 Å². The molecule has 3 heterocycles. The van der Waals surface area contributed by atoms with Crippen LogP contribution in [-0.2, 0) is 11.2 Å². The van der Waals surface area contributed by atoms with Crippen molar-refractivity contribution < 1.29 is 14.7 Å². The summed E-state index contributed by atoms with van der Waals surface area (Å²) in [6, 6.07) is 11.8. The number of hydrogen-bond acceptors (Lipinski definition) is 4. The highest BCUT2D eigenvalue weighted by Gasteiger charge is 2.23. The summed E-state index contributed by atoms with van der Waals surface area (Å²) in [5.74, 6) is -1.41. The number of carboxylic acids is 1. The monoisotopic (exact) mass is 486 g/mol. The molecule has 0 saturated heterocycles. The van der Waals surface area contributed by atoms with Gasteiger partial charge < -0.3 is 20.0 Å². The second-order valence-corrected chi connectivity index (χ2v) is 9.67. The number of thiophene rings is 1. The molecule has 1 aromatic carbocycles. The fourth-order valence-electron chi connectivity index (χ4n) is 4.31. The molecular formula is C27H26N4O3S. The number of aryl methyl sites for hydroxylation is 2. The molecule has 0 spiro atoms. The minimum atomic E-state index is -0.973. The lowest BCUT2D eigenvalue weighted by molar-refractivity contribution is -0.117. The number of rotatable bonds is 7. The average molecular weight is 487 g/mol. The van der Waals surface area contributed by atoms with Gasteiger partial charge in [0.05, 0.1) is 5.56 Å². The van der Waals surface area contributed by atoms with Crippen molar-refractivity contribution in [3.63, 3.8) is 0 Å². The van der Waals surface area contributed by atoms with Crippen molar-refractivity contribution in [3.8, 4) is 11.1 Å². The van der Waals surface area contributed by atoms with E-state index in [4.69, 9.17) is 0 Å². The standard InChI is InChI=1S/C27H26N4O3S/c1-15-11-20(17(3)31(15)26-24(27(33)34)16(2)18(4)35-26)12-21(13-28)25(32)29-10-9-19-14-30-23-8-6-5-7-22(19)23/h5-8,11-12,14,30H,9-10H2,1-4H3,(H,29,32)(H,33,34)/b21-12+. The number of hydrogen-bond donors (Lipinski definition) is 3. The lowest BCUT2D eigenvalue weighted by Crippen LogP contribution is -2.26. The van der Waals surface area contributed by atoms with Gasteiger partial charge in [-0.05, 0) is 69.0 Å². The molecule has 0 aliphatic rings. The number of nitrogens with zero attached hydrogens (tertiary/aromatic N) is 2. The molecule has 0 aliphatic carbocycles. The third-order valence-corrected chi connectivity index (χ3v) is 7.47. The number of nitrogens with one attached hydrogen (secondary N) is 2. The Morgan fingerprint density at radius 2 is 1.97 bits per heavy atom. The van der Waals surface area contributed by atoms with Gasteiger partial charge in [-0.15, -0.1) is 11.3 Å². The first-order chi connectivity index (χ1) is 16.7. The molecule has 0 aliphatic heterocycles. The fraction of sp³-hybridized carbons (Fsp3) is 0.222. The summed E-state index contributed by atoms with van der Waals surface area (Å²) in [7, 11) is 0. The summed E-state index contributed by atoms with van der Waals surface area (Å²) in [5.41, 5.74) is 5.47. The van der Waals surface area contributed by atoms with Crippen molar-refractivity contribution in [2.24, 2.45) is 0 Å². The first-order valence-corrected chi connectivity index (χ1v) is 12.0. The van der Waals surface area contributed by atoms with Crippen LogP contribution in [0.25, 0.3) is 22.0 Å². The highest BCUT2D eigenvalue weighted by Crippen LogP contribution is 2.34. The molecule has 4 rings (SSSR count). The van der Waals surface area contributed by atoms with Gasteiger partial charge in [0.15, 0.2) is 0 Å². The van der Waals surface area contributed by atoms with E-state index in [0.29, 0.717) is 23.5 Å². The topological polar surface area (TPSA) is 111 Å². The van der Waals surface area contributed by atoms with E-state index in [-0.39, 0.29) is 11.1 Å². The third kappa shape index (κ3) is 4.51. The zero-order valence-electron chi connectivity index (χ0n) is 20.0. The number of para-hydroxylation sites is 1. The Hall–Kier alpha value is -4.09. The molecule has 0 unspecified atom stereocenters. The smallest absolute Gasteiger partial charge is 0.339 e. The van der Waals surface area contributed by atoms with Crippen molar-refractivity contribution in [2.45, 2.75) is 34.1 Å². The van der Waals surface area contributed by atoms with Gasteiger partial charge in [-0.1, -0.05) is 18.2 Å². The molecule has 35 heavy (non-hydrogen) atoms. The number of aromatic amines is 1. The molecule has 4 aromatic rings. The maximum Gasteiger partial charge on any atom is 0.339 e. The van der Waals surface area contributed by atoms with E-state index in [1.807, 2.05) is 74.9 Å². The van der Waals surface area contributed by atoms with Gasteiger partial charge in [-0.25, -0.2) is 4.79 Å². The van der Waals surface area contributed by atoms with Crippen LogP contribution in [0.1, 0.15) is 43.3 Å². The summed E-state index contributed by atoms with van der Waals surface area (Å²) in [6.07, 6.45) is 4.14. The normalized spacial score (nSPS) is 11.6. The number of H-pyrrole nitrogens is 1. The van der Waals surface area contributed by atoms with Gasteiger partial charge in [0.2, 0.25) is 0 Å². The van der Waals surface area contributed by atoms with Crippen LogP contribution < -0.4 is 5.32 Å². The number of carbonyl (C=O) groups is 2. The Kier molecular flexibility index (Phi) is 6.63.